The van der Waals surface area contributed by atoms with Gasteiger partial charge < -0.3 is 15.2 Å². The van der Waals surface area contributed by atoms with Crippen LogP contribution < -0.4 is 5.32 Å². The summed E-state index contributed by atoms with van der Waals surface area (Å²) in [4.78, 5) is 0. The number of hydrogen-bond acceptors (Lipinski definition) is 3. The fraction of sp³-hybridized carbons (Fsp3) is 1.00. The van der Waals surface area contributed by atoms with E-state index in [1.54, 1.807) is 0 Å². The minimum atomic E-state index is -0.0847. The molecule has 0 aromatic carbocycles. The van der Waals surface area contributed by atoms with Crippen LogP contribution in [-0.2, 0) is 4.74 Å². The second-order valence-corrected chi connectivity index (χ2v) is 5.28. The second-order valence-electron chi connectivity index (χ2n) is 5.28. The van der Waals surface area contributed by atoms with Gasteiger partial charge in [-0.3, -0.25) is 0 Å². The molecule has 1 rings (SSSR count). The van der Waals surface area contributed by atoms with E-state index < -0.39 is 0 Å². The number of nitrogens with one attached hydrogen (secondary N) is 1. The molecule has 0 amide bonds. The maximum atomic E-state index is 9.38. The van der Waals surface area contributed by atoms with Crippen LogP contribution >= 0.6 is 0 Å². The molecule has 0 radical (unpaired) electrons. The summed E-state index contributed by atoms with van der Waals surface area (Å²) in [6.45, 7) is 5.54. The van der Waals surface area contributed by atoms with E-state index in [1.807, 2.05) is 7.05 Å². The highest BCUT2D eigenvalue weighted by molar-refractivity contribution is 4.95. The van der Waals surface area contributed by atoms with Crippen molar-refractivity contribution < 1.29 is 9.84 Å². The van der Waals surface area contributed by atoms with Crippen LogP contribution in [0.2, 0.25) is 0 Å². The molecule has 3 heteroatoms. The third kappa shape index (κ3) is 3.72. The molecule has 2 N–H and O–H groups in total. The number of ether oxygens (including phenoxy) is 1. The van der Waals surface area contributed by atoms with Crippen LogP contribution in [0.5, 0.6) is 0 Å². The molecule has 0 aromatic heterocycles. The minimum absolute atomic E-state index is 0.0847. The van der Waals surface area contributed by atoms with E-state index in [0.29, 0.717) is 12.0 Å². The van der Waals surface area contributed by atoms with Gasteiger partial charge in [-0.05, 0) is 38.6 Å². The van der Waals surface area contributed by atoms with Crippen LogP contribution in [0.25, 0.3) is 0 Å². The zero-order valence-electron chi connectivity index (χ0n) is 11.0. The normalized spacial score (nSPS) is 31.9. The highest BCUT2D eigenvalue weighted by atomic mass is 16.5. The first-order valence-electron chi connectivity index (χ1n) is 6.57. The lowest BCUT2D eigenvalue weighted by Crippen LogP contribution is -2.44. The van der Waals surface area contributed by atoms with E-state index in [2.05, 4.69) is 19.2 Å². The maximum absolute atomic E-state index is 9.38. The Bertz CT molecular complexity index is 192. The zero-order chi connectivity index (χ0) is 12.0. The Hall–Kier alpha value is -0.120. The highest BCUT2D eigenvalue weighted by Gasteiger charge is 2.37. The Morgan fingerprint density at radius 3 is 2.81 bits per heavy atom. The lowest BCUT2D eigenvalue weighted by Gasteiger charge is -2.26. The first kappa shape index (κ1) is 13.9. The second kappa shape index (κ2) is 6.58. The number of aliphatic hydroxyl groups is 1. The van der Waals surface area contributed by atoms with E-state index in [4.69, 9.17) is 4.74 Å². The van der Waals surface area contributed by atoms with Gasteiger partial charge in [0.05, 0.1) is 12.7 Å². The molecule has 3 atom stereocenters. The molecule has 1 fully saturated rings. The van der Waals surface area contributed by atoms with Gasteiger partial charge in [-0.1, -0.05) is 20.3 Å². The van der Waals surface area contributed by atoms with Crippen LogP contribution in [0.4, 0.5) is 0 Å². The van der Waals surface area contributed by atoms with Crippen molar-refractivity contribution >= 4 is 0 Å². The number of rotatable bonds is 7. The molecule has 1 aliphatic carbocycles. The van der Waals surface area contributed by atoms with Crippen molar-refractivity contribution in [1.82, 2.24) is 5.32 Å². The quantitative estimate of drug-likeness (QED) is 0.701. The molecule has 1 aliphatic rings. The molecular formula is C13H27NO2. The van der Waals surface area contributed by atoms with Crippen molar-refractivity contribution in [2.45, 2.75) is 57.6 Å². The Morgan fingerprint density at radius 1 is 1.56 bits per heavy atom. The summed E-state index contributed by atoms with van der Waals surface area (Å²) in [5.41, 5.74) is -0.0847. The fourth-order valence-electron chi connectivity index (χ4n) is 2.55. The van der Waals surface area contributed by atoms with Crippen molar-refractivity contribution in [3.8, 4) is 0 Å². The SMILES string of the molecule is CCCC(C)COC1CCC(CO)(NC)C1. The van der Waals surface area contributed by atoms with Gasteiger partial charge in [0, 0.05) is 12.1 Å². The molecular weight excluding hydrogens is 202 g/mol. The summed E-state index contributed by atoms with van der Waals surface area (Å²) in [6, 6.07) is 0. The summed E-state index contributed by atoms with van der Waals surface area (Å²) in [7, 11) is 1.93. The Morgan fingerprint density at radius 2 is 2.31 bits per heavy atom. The topological polar surface area (TPSA) is 41.5 Å². The molecule has 96 valence electrons. The first-order chi connectivity index (χ1) is 7.65. The van der Waals surface area contributed by atoms with Gasteiger partial charge in [0.1, 0.15) is 0 Å². The van der Waals surface area contributed by atoms with Gasteiger partial charge in [-0.15, -0.1) is 0 Å². The number of hydrogen-bond donors (Lipinski definition) is 2. The molecule has 0 spiro atoms. The third-order valence-electron chi connectivity index (χ3n) is 3.79. The smallest absolute Gasteiger partial charge is 0.0614 e. The Kier molecular flexibility index (Phi) is 5.73. The van der Waals surface area contributed by atoms with Gasteiger partial charge in [-0.2, -0.15) is 0 Å². The van der Waals surface area contributed by atoms with E-state index in [1.165, 1.54) is 12.8 Å². The Labute approximate surface area is 99.6 Å². The van der Waals surface area contributed by atoms with E-state index in [-0.39, 0.29) is 12.1 Å². The predicted molar refractivity (Wildman–Crippen MR) is 66.5 cm³/mol. The van der Waals surface area contributed by atoms with Crippen LogP contribution in [-0.4, -0.2) is 37.0 Å². The molecule has 0 aliphatic heterocycles. The summed E-state index contributed by atoms with van der Waals surface area (Å²) < 4.78 is 5.93. The predicted octanol–water partition coefficient (Wildman–Crippen LogP) is 1.94. The third-order valence-corrected chi connectivity index (χ3v) is 3.79. The molecule has 1 saturated carbocycles. The largest absolute Gasteiger partial charge is 0.394 e. The van der Waals surface area contributed by atoms with Gasteiger partial charge in [0.2, 0.25) is 0 Å². The summed E-state index contributed by atoms with van der Waals surface area (Å²) in [6.07, 6.45) is 5.83. The van der Waals surface area contributed by atoms with Gasteiger partial charge in [0.15, 0.2) is 0 Å². The van der Waals surface area contributed by atoms with Gasteiger partial charge in [0.25, 0.3) is 0 Å². The minimum Gasteiger partial charge on any atom is -0.394 e. The number of aliphatic hydroxyl groups excluding tert-OH is 1. The van der Waals surface area contributed by atoms with Crippen molar-refractivity contribution in [2.24, 2.45) is 5.92 Å². The molecule has 0 bridgehead atoms. The summed E-state index contributed by atoms with van der Waals surface area (Å²) in [5, 5.41) is 12.6. The molecule has 3 unspecified atom stereocenters. The van der Waals surface area contributed by atoms with Crippen LogP contribution in [0.1, 0.15) is 46.0 Å². The first-order valence-corrected chi connectivity index (χ1v) is 6.57. The standard InChI is InChI=1S/C13H27NO2/c1-4-5-11(2)9-16-12-6-7-13(8-12,10-15)14-3/h11-12,14-15H,4-10H2,1-3H3. The highest BCUT2D eigenvalue weighted by Crippen LogP contribution is 2.31. The molecule has 16 heavy (non-hydrogen) atoms. The van der Waals surface area contributed by atoms with Crippen molar-refractivity contribution in [2.75, 3.05) is 20.3 Å². The average Bonchev–Trinajstić information content (AvgIpc) is 2.71. The lowest BCUT2D eigenvalue weighted by molar-refractivity contribution is 0.0270. The van der Waals surface area contributed by atoms with Crippen molar-refractivity contribution in [3.05, 3.63) is 0 Å². The summed E-state index contributed by atoms with van der Waals surface area (Å²) >= 11 is 0. The number of likely N-dealkylation sites (N-methyl/N-ethyl adjacent to an activating group) is 1. The molecule has 0 aromatic rings. The van der Waals surface area contributed by atoms with E-state index in [9.17, 15) is 5.11 Å². The van der Waals surface area contributed by atoms with E-state index in [0.717, 1.165) is 25.9 Å². The van der Waals surface area contributed by atoms with Crippen molar-refractivity contribution in [1.29, 1.82) is 0 Å². The van der Waals surface area contributed by atoms with Crippen LogP contribution in [0.3, 0.4) is 0 Å². The fourth-order valence-corrected chi connectivity index (χ4v) is 2.55. The molecule has 3 nitrogen and oxygen atoms in total. The average molecular weight is 229 g/mol. The maximum Gasteiger partial charge on any atom is 0.0614 e. The monoisotopic (exact) mass is 229 g/mol. The summed E-state index contributed by atoms with van der Waals surface area (Å²) in [5.74, 6) is 0.656. The van der Waals surface area contributed by atoms with Crippen LogP contribution in [0, 0.1) is 5.92 Å². The van der Waals surface area contributed by atoms with Gasteiger partial charge in [-0.25, -0.2) is 0 Å². The van der Waals surface area contributed by atoms with Crippen LogP contribution in [0.15, 0.2) is 0 Å². The molecule has 0 heterocycles. The zero-order valence-corrected chi connectivity index (χ0v) is 11.0. The lowest BCUT2D eigenvalue weighted by atomic mass is 9.99. The van der Waals surface area contributed by atoms with Gasteiger partial charge >= 0.3 is 0 Å². The van der Waals surface area contributed by atoms with E-state index >= 15 is 0 Å². The van der Waals surface area contributed by atoms with Crippen molar-refractivity contribution in [3.63, 3.8) is 0 Å². The molecule has 0 saturated heterocycles. The Balaban J connectivity index is 2.26.